The van der Waals surface area contributed by atoms with Crippen LogP contribution in [0.1, 0.15) is 5.76 Å². The van der Waals surface area contributed by atoms with Gasteiger partial charge in [0.2, 0.25) is 0 Å². The van der Waals surface area contributed by atoms with Gasteiger partial charge in [0.05, 0.1) is 25.6 Å². The zero-order valence-electron chi connectivity index (χ0n) is 13.5. The summed E-state index contributed by atoms with van der Waals surface area (Å²) in [6.45, 7) is 3.13. The van der Waals surface area contributed by atoms with Crippen molar-refractivity contribution >= 4 is 23.3 Å². The Morgan fingerprint density at radius 3 is 2.75 bits per heavy atom. The van der Waals surface area contributed by atoms with E-state index in [9.17, 15) is 4.79 Å². The van der Waals surface area contributed by atoms with Gasteiger partial charge in [0.1, 0.15) is 11.5 Å². The summed E-state index contributed by atoms with van der Waals surface area (Å²) in [7, 11) is 1.64. The van der Waals surface area contributed by atoms with E-state index >= 15 is 0 Å². The molecule has 0 saturated carbocycles. The molecular weight excluding hydrogens is 330 g/mol. The standard InChI is InChI=1S/C17H20ClN3O3/c1-23-16-5-4-13(18)11-15(16)20-6-8-21(9-7-20)17(22)19-12-14-3-2-10-24-14/h2-5,10-11H,6-9,12H2,1H3,(H,19,22). The molecule has 128 valence electrons. The number of methoxy groups -OCH3 is 1. The number of piperazine rings is 1. The van der Waals surface area contributed by atoms with E-state index in [0.717, 1.165) is 30.3 Å². The molecule has 1 aromatic heterocycles. The lowest BCUT2D eigenvalue weighted by Crippen LogP contribution is -2.51. The van der Waals surface area contributed by atoms with E-state index in [2.05, 4.69) is 10.2 Å². The Labute approximate surface area is 145 Å². The fourth-order valence-corrected chi connectivity index (χ4v) is 2.91. The van der Waals surface area contributed by atoms with Crippen molar-refractivity contribution in [2.24, 2.45) is 0 Å². The van der Waals surface area contributed by atoms with Crippen LogP contribution in [0.4, 0.5) is 10.5 Å². The van der Waals surface area contributed by atoms with Crippen molar-refractivity contribution in [1.29, 1.82) is 0 Å². The summed E-state index contributed by atoms with van der Waals surface area (Å²) in [6.07, 6.45) is 1.60. The highest BCUT2D eigenvalue weighted by Crippen LogP contribution is 2.31. The van der Waals surface area contributed by atoms with Gasteiger partial charge in [-0.25, -0.2) is 4.79 Å². The summed E-state index contributed by atoms with van der Waals surface area (Å²) >= 11 is 6.10. The molecule has 0 aliphatic carbocycles. The van der Waals surface area contributed by atoms with E-state index < -0.39 is 0 Å². The summed E-state index contributed by atoms with van der Waals surface area (Å²) in [5.74, 6) is 1.53. The van der Waals surface area contributed by atoms with Gasteiger partial charge in [-0.1, -0.05) is 11.6 Å². The van der Waals surface area contributed by atoms with Crippen molar-refractivity contribution in [3.8, 4) is 5.75 Å². The molecule has 3 rings (SSSR count). The molecule has 1 fully saturated rings. The van der Waals surface area contributed by atoms with Gasteiger partial charge in [0.15, 0.2) is 0 Å². The second-order valence-corrected chi connectivity index (χ2v) is 5.96. The van der Waals surface area contributed by atoms with Crippen molar-refractivity contribution in [2.45, 2.75) is 6.54 Å². The fourth-order valence-electron chi connectivity index (χ4n) is 2.75. The number of nitrogens with one attached hydrogen (secondary N) is 1. The van der Waals surface area contributed by atoms with Crippen LogP contribution >= 0.6 is 11.6 Å². The molecule has 1 aromatic carbocycles. The molecule has 0 spiro atoms. The summed E-state index contributed by atoms with van der Waals surface area (Å²) in [6, 6.07) is 9.13. The topological polar surface area (TPSA) is 58.0 Å². The number of anilines is 1. The van der Waals surface area contributed by atoms with E-state index in [1.54, 1.807) is 24.3 Å². The Hall–Kier alpha value is -2.34. The second kappa shape index (κ2) is 7.49. The number of furan rings is 1. The molecule has 6 nitrogen and oxygen atoms in total. The van der Waals surface area contributed by atoms with Crippen LogP contribution in [0.25, 0.3) is 0 Å². The number of ether oxygens (including phenoxy) is 1. The molecule has 7 heteroatoms. The van der Waals surface area contributed by atoms with Crippen LogP contribution in [0.3, 0.4) is 0 Å². The minimum Gasteiger partial charge on any atom is -0.495 e. The van der Waals surface area contributed by atoms with Crippen molar-refractivity contribution in [1.82, 2.24) is 10.2 Å². The van der Waals surface area contributed by atoms with Gasteiger partial charge in [0, 0.05) is 31.2 Å². The SMILES string of the molecule is COc1ccc(Cl)cc1N1CCN(C(=O)NCc2ccco2)CC1. The predicted octanol–water partition coefficient (Wildman–Crippen LogP) is 2.97. The van der Waals surface area contributed by atoms with Gasteiger partial charge in [-0.15, -0.1) is 0 Å². The van der Waals surface area contributed by atoms with Crippen molar-refractivity contribution in [3.05, 3.63) is 47.4 Å². The number of urea groups is 1. The molecule has 1 saturated heterocycles. The minimum absolute atomic E-state index is 0.0795. The molecule has 1 N–H and O–H groups in total. The first kappa shape index (κ1) is 16.5. The number of carbonyl (C=O) groups is 1. The number of benzene rings is 1. The lowest BCUT2D eigenvalue weighted by molar-refractivity contribution is 0.193. The predicted molar refractivity (Wildman–Crippen MR) is 92.7 cm³/mol. The summed E-state index contributed by atoms with van der Waals surface area (Å²) in [5, 5.41) is 3.54. The van der Waals surface area contributed by atoms with Crippen LogP contribution in [0.5, 0.6) is 5.75 Å². The quantitative estimate of drug-likeness (QED) is 0.922. The molecule has 1 aliphatic heterocycles. The minimum atomic E-state index is -0.0795. The zero-order valence-corrected chi connectivity index (χ0v) is 14.3. The Morgan fingerprint density at radius 2 is 2.08 bits per heavy atom. The number of hydrogen-bond acceptors (Lipinski definition) is 4. The Morgan fingerprint density at radius 1 is 1.29 bits per heavy atom. The third-order valence-corrected chi connectivity index (χ3v) is 4.28. The highest BCUT2D eigenvalue weighted by Gasteiger charge is 2.23. The van der Waals surface area contributed by atoms with E-state index in [0.29, 0.717) is 24.7 Å². The van der Waals surface area contributed by atoms with Crippen LogP contribution in [0, 0.1) is 0 Å². The van der Waals surface area contributed by atoms with Gasteiger partial charge in [-0.2, -0.15) is 0 Å². The largest absolute Gasteiger partial charge is 0.495 e. The van der Waals surface area contributed by atoms with Crippen LogP contribution in [-0.2, 0) is 6.54 Å². The number of carbonyl (C=O) groups excluding carboxylic acids is 1. The average Bonchev–Trinajstić information content (AvgIpc) is 3.13. The Kier molecular flexibility index (Phi) is 5.15. The Bertz CT molecular complexity index is 682. The normalized spacial score (nSPS) is 14.6. The molecule has 1 aliphatic rings. The third kappa shape index (κ3) is 3.76. The maximum Gasteiger partial charge on any atom is 0.317 e. The molecule has 0 unspecified atom stereocenters. The van der Waals surface area contributed by atoms with E-state index in [4.69, 9.17) is 20.8 Å². The number of amides is 2. The smallest absolute Gasteiger partial charge is 0.317 e. The summed E-state index contributed by atoms with van der Waals surface area (Å²) in [5.41, 5.74) is 0.959. The molecular formula is C17H20ClN3O3. The van der Waals surface area contributed by atoms with Gasteiger partial charge in [-0.05, 0) is 30.3 Å². The number of hydrogen-bond donors (Lipinski definition) is 1. The first-order valence-electron chi connectivity index (χ1n) is 7.81. The molecule has 2 aromatic rings. The first-order chi connectivity index (χ1) is 11.7. The van der Waals surface area contributed by atoms with Crippen LogP contribution in [0.15, 0.2) is 41.0 Å². The Balaban J connectivity index is 1.55. The third-order valence-electron chi connectivity index (χ3n) is 4.04. The monoisotopic (exact) mass is 349 g/mol. The van der Waals surface area contributed by atoms with Crippen molar-refractivity contribution < 1.29 is 13.9 Å². The number of nitrogens with zero attached hydrogens (tertiary/aromatic N) is 2. The van der Waals surface area contributed by atoms with E-state index in [1.165, 1.54) is 0 Å². The second-order valence-electron chi connectivity index (χ2n) is 5.53. The first-order valence-corrected chi connectivity index (χ1v) is 8.19. The molecule has 0 bridgehead atoms. The van der Waals surface area contributed by atoms with Gasteiger partial charge >= 0.3 is 6.03 Å². The number of halogens is 1. The van der Waals surface area contributed by atoms with Crippen LogP contribution in [0.2, 0.25) is 5.02 Å². The fraction of sp³-hybridized carbons (Fsp3) is 0.353. The van der Waals surface area contributed by atoms with Crippen LogP contribution in [-0.4, -0.2) is 44.2 Å². The molecule has 24 heavy (non-hydrogen) atoms. The van der Waals surface area contributed by atoms with E-state index in [-0.39, 0.29) is 6.03 Å². The molecule has 0 atom stereocenters. The highest BCUT2D eigenvalue weighted by atomic mass is 35.5. The van der Waals surface area contributed by atoms with Gasteiger partial charge in [-0.3, -0.25) is 0 Å². The lowest BCUT2D eigenvalue weighted by Gasteiger charge is -2.36. The van der Waals surface area contributed by atoms with Crippen LogP contribution < -0.4 is 15.0 Å². The van der Waals surface area contributed by atoms with Gasteiger partial charge < -0.3 is 24.3 Å². The van der Waals surface area contributed by atoms with E-state index in [1.807, 2.05) is 24.3 Å². The highest BCUT2D eigenvalue weighted by molar-refractivity contribution is 6.30. The zero-order chi connectivity index (χ0) is 16.9. The van der Waals surface area contributed by atoms with Crippen molar-refractivity contribution in [2.75, 3.05) is 38.2 Å². The lowest BCUT2D eigenvalue weighted by atomic mass is 10.2. The molecule has 2 amide bonds. The number of rotatable bonds is 4. The molecule has 0 radical (unpaired) electrons. The van der Waals surface area contributed by atoms with Crippen molar-refractivity contribution in [3.63, 3.8) is 0 Å². The average molecular weight is 350 g/mol. The summed E-state index contributed by atoms with van der Waals surface area (Å²) < 4.78 is 10.6. The summed E-state index contributed by atoms with van der Waals surface area (Å²) in [4.78, 5) is 16.2. The maximum absolute atomic E-state index is 12.2. The maximum atomic E-state index is 12.2. The van der Waals surface area contributed by atoms with Gasteiger partial charge in [0.25, 0.3) is 0 Å². The molecule has 2 heterocycles.